The van der Waals surface area contributed by atoms with Crippen molar-refractivity contribution < 1.29 is 0 Å². The molecule has 0 saturated heterocycles. The minimum Gasteiger partial charge on any atom is -0.0909 e. The molecule has 2 rings (SSSR count). The molecule has 0 unspecified atom stereocenters. The number of hydrogen-bond donors (Lipinski definition) is 0. The zero-order valence-corrected chi connectivity index (χ0v) is 12.4. The molecular formula is C19H24. The largest absolute Gasteiger partial charge is 0.0909 e. The third-order valence-corrected chi connectivity index (χ3v) is 3.95. The lowest BCUT2D eigenvalue weighted by Crippen LogP contribution is -2.01. The van der Waals surface area contributed by atoms with Gasteiger partial charge < -0.3 is 0 Å². The summed E-state index contributed by atoms with van der Waals surface area (Å²) >= 11 is 0. The minimum absolute atomic E-state index is 1.17. The maximum atomic E-state index is 4.38. The Morgan fingerprint density at radius 1 is 1.16 bits per heavy atom. The molecule has 19 heavy (non-hydrogen) atoms. The molecule has 0 N–H and O–H groups in total. The zero-order valence-electron chi connectivity index (χ0n) is 12.4. The summed E-state index contributed by atoms with van der Waals surface area (Å²) in [5.74, 6) is 0. The van der Waals surface area contributed by atoms with E-state index < -0.39 is 0 Å². The summed E-state index contributed by atoms with van der Waals surface area (Å²) in [4.78, 5) is 0. The zero-order chi connectivity index (χ0) is 13.8. The lowest BCUT2D eigenvalue weighted by molar-refractivity contribution is 0.696. The maximum absolute atomic E-state index is 4.38. The maximum Gasteiger partial charge on any atom is -0.0158 e. The molecule has 0 aromatic heterocycles. The predicted octanol–water partition coefficient (Wildman–Crippen LogP) is 5.76. The topological polar surface area (TPSA) is 0 Å². The Kier molecular flexibility index (Phi) is 4.42. The molecule has 0 heteroatoms. The first kappa shape index (κ1) is 13.9. The normalized spacial score (nSPS) is 16.2. The van der Waals surface area contributed by atoms with E-state index >= 15 is 0 Å². The van der Waals surface area contributed by atoms with E-state index in [1.165, 1.54) is 59.1 Å². The lowest BCUT2D eigenvalue weighted by Gasteiger charge is -2.21. The molecule has 1 aliphatic rings. The van der Waals surface area contributed by atoms with Crippen molar-refractivity contribution in [3.63, 3.8) is 0 Å². The molecule has 0 radical (unpaired) electrons. The van der Waals surface area contributed by atoms with Crippen molar-refractivity contribution >= 4 is 5.57 Å². The summed E-state index contributed by atoms with van der Waals surface area (Å²) in [6.07, 6.45) is 9.39. The molecule has 1 aliphatic carbocycles. The quantitative estimate of drug-likeness (QED) is 0.641. The Balaban J connectivity index is 2.41. The highest BCUT2D eigenvalue weighted by molar-refractivity contribution is 5.80. The Morgan fingerprint density at radius 3 is 2.58 bits per heavy atom. The van der Waals surface area contributed by atoms with Crippen molar-refractivity contribution in [3.05, 3.63) is 64.8 Å². The van der Waals surface area contributed by atoms with Crippen molar-refractivity contribution in [1.29, 1.82) is 0 Å². The van der Waals surface area contributed by atoms with Gasteiger partial charge in [0.1, 0.15) is 0 Å². The van der Waals surface area contributed by atoms with Gasteiger partial charge in [0, 0.05) is 0 Å². The van der Waals surface area contributed by atoms with Crippen LogP contribution in [-0.4, -0.2) is 0 Å². The van der Waals surface area contributed by atoms with Crippen LogP contribution in [0.15, 0.2) is 48.1 Å². The third-order valence-electron chi connectivity index (χ3n) is 3.95. The molecule has 0 atom stereocenters. The van der Waals surface area contributed by atoms with Gasteiger partial charge in [0.15, 0.2) is 0 Å². The van der Waals surface area contributed by atoms with Crippen LogP contribution >= 0.6 is 0 Å². The Labute approximate surface area is 117 Å². The van der Waals surface area contributed by atoms with Crippen LogP contribution in [0.2, 0.25) is 0 Å². The predicted molar refractivity (Wildman–Crippen MR) is 85.3 cm³/mol. The number of aryl methyl sites for hydroxylation is 2. The lowest BCUT2D eigenvalue weighted by atomic mass is 9.83. The van der Waals surface area contributed by atoms with Gasteiger partial charge in [-0.1, -0.05) is 42.5 Å². The molecule has 1 aromatic carbocycles. The van der Waals surface area contributed by atoms with E-state index in [4.69, 9.17) is 0 Å². The number of allylic oxidation sites excluding steroid dienone is 5. The molecule has 100 valence electrons. The number of rotatable bonds is 3. The fraction of sp³-hybridized carbons (Fsp3) is 0.368. The monoisotopic (exact) mass is 252 g/mol. The Hall–Kier alpha value is -1.56. The molecule has 0 saturated carbocycles. The van der Waals surface area contributed by atoms with E-state index in [-0.39, 0.29) is 0 Å². The van der Waals surface area contributed by atoms with Gasteiger partial charge in [0.25, 0.3) is 0 Å². The van der Waals surface area contributed by atoms with E-state index in [0.717, 1.165) is 0 Å². The van der Waals surface area contributed by atoms with Crippen molar-refractivity contribution in [2.45, 2.75) is 46.5 Å². The van der Waals surface area contributed by atoms with Crippen LogP contribution in [-0.2, 0) is 0 Å². The van der Waals surface area contributed by atoms with Gasteiger partial charge in [0.2, 0.25) is 0 Å². The molecule has 0 heterocycles. The second-order valence-electron chi connectivity index (χ2n) is 5.51. The molecule has 1 aromatic rings. The molecule has 0 amide bonds. The van der Waals surface area contributed by atoms with Crippen molar-refractivity contribution in [1.82, 2.24) is 0 Å². The fourth-order valence-electron chi connectivity index (χ4n) is 2.97. The number of benzene rings is 1. The van der Waals surface area contributed by atoms with E-state index in [1.54, 1.807) is 0 Å². The summed E-state index contributed by atoms with van der Waals surface area (Å²) in [5, 5.41) is 0. The summed E-state index contributed by atoms with van der Waals surface area (Å²) in [7, 11) is 0. The van der Waals surface area contributed by atoms with Crippen LogP contribution in [0.1, 0.15) is 49.3 Å². The molecule has 0 aliphatic heterocycles. The second kappa shape index (κ2) is 6.06. The number of hydrogen-bond acceptors (Lipinski definition) is 0. The SMILES string of the molecule is C=C(C1=C(/C=C\C)CCCC1)c1ccc(C)cc1C. The average molecular weight is 252 g/mol. The van der Waals surface area contributed by atoms with E-state index in [2.05, 4.69) is 57.7 Å². The minimum atomic E-state index is 1.17. The second-order valence-corrected chi connectivity index (χ2v) is 5.51. The van der Waals surface area contributed by atoms with Crippen LogP contribution in [0.3, 0.4) is 0 Å². The smallest absolute Gasteiger partial charge is 0.0158 e. The summed E-state index contributed by atoms with van der Waals surface area (Å²) < 4.78 is 0. The van der Waals surface area contributed by atoms with Gasteiger partial charge in [-0.15, -0.1) is 0 Å². The van der Waals surface area contributed by atoms with Crippen LogP contribution in [0.25, 0.3) is 5.57 Å². The Bertz CT molecular complexity index is 541. The molecule has 0 fully saturated rings. The summed E-state index contributed by atoms with van der Waals surface area (Å²) in [6.45, 7) is 10.8. The molecule has 0 nitrogen and oxygen atoms in total. The summed E-state index contributed by atoms with van der Waals surface area (Å²) in [6, 6.07) is 6.66. The van der Waals surface area contributed by atoms with Crippen molar-refractivity contribution in [2.24, 2.45) is 0 Å². The van der Waals surface area contributed by atoms with Gasteiger partial charge in [-0.2, -0.15) is 0 Å². The first-order valence-electron chi connectivity index (χ1n) is 7.25. The highest BCUT2D eigenvalue weighted by Crippen LogP contribution is 2.35. The van der Waals surface area contributed by atoms with Crippen molar-refractivity contribution in [3.8, 4) is 0 Å². The van der Waals surface area contributed by atoms with E-state index in [0.29, 0.717) is 0 Å². The third kappa shape index (κ3) is 3.07. The fourth-order valence-corrected chi connectivity index (χ4v) is 2.97. The van der Waals surface area contributed by atoms with Gasteiger partial charge in [-0.25, -0.2) is 0 Å². The van der Waals surface area contributed by atoms with Gasteiger partial charge >= 0.3 is 0 Å². The standard InChI is InChI=1S/C19H24/c1-5-8-17-9-6-7-10-19(17)16(4)18-12-11-14(2)13-15(18)3/h5,8,11-13H,4,6-7,9-10H2,1-3H3/b8-5-. The highest BCUT2D eigenvalue weighted by atomic mass is 14.2. The molecular weight excluding hydrogens is 228 g/mol. The van der Waals surface area contributed by atoms with Crippen LogP contribution < -0.4 is 0 Å². The van der Waals surface area contributed by atoms with Crippen molar-refractivity contribution in [2.75, 3.05) is 0 Å². The first-order valence-corrected chi connectivity index (χ1v) is 7.25. The first-order chi connectivity index (χ1) is 9.13. The highest BCUT2D eigenvalue weighted by Gasteiger charge is 2.15. The Morgan fingerprint density at radius 2 is 1.89 bits per heavy atom. The van der Waals surface area contributed by atoms with E-state index in [9.17, 15) is 0 Å². The molecule has 0 spiro atoms. The average Bonchev–Trinajstić information content (AvgIpc) is 2.39. The van der Waals surface area contributed by atoms with Gasteiger partial charge in [-0.05, 0) is 74.3 Å². The summed E-state index contributed by atoms with van der Waals surface area (Å²) in [5.41, 5.74) is 8.15. The van der Waals surface area contributed by atoms with E-state index in [1.807, 2.05) is 0 Å². The van der Waals surface area contributed by atoms with Gasteiger partial charge in [0.05, 0.1) is 0 Å². The van der Waals surface area contributed by atoms with Crippen LogP contribution in [0.5, 0.6) is 0 Å². The van der Waals surface area contributed by atoms with Gasteiger partial charge in [-0.3, -0.25) is 0 Å². The van der Waals surface area contributed by atoms with Crippen LogP contribution in [0.4, 0.5) is 0 Å². The molecule has 0 bridgehead atoms. The van der Waals surface area contributed by atoms with Crippen LogP contribution in [0, 0.1) is 13.8 Å².